The van der Waals surface area contributed by atoms with Crippen LogP contribution < -0.4 is 0 Å². The fraction of sp³-hybridized carbons (Fsp3) is 0.667. The molecule has 0 spiro atoms. The molecule has 0 fully saturated rings. The Morgan fingerprint density at radius 2 is 1.57 bits per heavy atom. The van der Waals surface area contributed by atoms with Gasteiger partial charge >= 0.3 is 19.8 Å². The normalized spacial score (nSPS) is 11.8. The maximum atomic E-state index is 11.9. The summed E-state index contributed by atoms with van der Waals surface area (Å²) in [5, 5.41) is 16.7. The van der Waals surface area contributed by atoms with Crippen molar-refractivity contribution in [2.75, 3.05) is 27.4 Å². The van der Waals surface area contributed by atoms with Gasteiger partial charge in [0.2, 0.25) is 0 Å². The molecule has 0 N–H and O–H groups in total. The molecule has 11 heteroatoms. The van der Waals surface area contributed by atoms with E-state index in [0.717, 1.165) is 14.2 Å². The topological polar surface area (TPSA) is 145 Å². The van der Waals surface area contributed by atoms with Crippen molar-refractivity contribution in [1.29, 1.82) is 10.5 Å². The predicted molar refractivity (Wildman–Crippen MR) is 73.5 cm³/mol. The van der Waals surface area contributed by atoms with E-state index in [2.05, 4.69) is 9.05 Å². The number of carbonyl (C=O) groups excluding carboxylic acids is 2. The number of phosphoric ester groups is 1. The molecule has 0 aromatic heterocycles. The molecule has 0 rings (SSSR count). The van der Waals surface area contributed by atoms with Crippen LogP contribution in [0.15, 0.2) is 0 Å². The molecule has 0 aliphatic heterocycles. The molecule has 0 saturated carbocycles. The monoisotopic (exact) mass is 348 g/mol. The Labute approximate surface area is 133 Å². The first-order valence-electron chi connectivity index (χ1n) is 6.38. The van der Waals surface area contributed by atoms with Gasteiger partial charge in [0.05, 0.1) is 31.4 Å². The van der Waals surface area contributed by atoms with Gasteiger partial charge in [0.25, 0.3) is 0 Å². The van der Waals surface area contributed by atoms with E-state index < -0.39 is 32.3 Å². The molecule has 0 aliphatic rings. The van der Waals surface area contributed by atoms with Gasteiger partial charge in [-0.15, -0.1) is 0 Å². The zero-order valence-electron chi connectivity index (χ0n) is 12.7. The Kier molecular flexibility index (Phi) is 10.6. The number of nitrogens with zero attached hydrogens (tertiary/aromatic N) is 2. The Morgan fingerprint density at radius 3 is 2.04 bits per heavy atom. The van der Waals surface area contributed by atoms with Crippen LogP contribution in [0.3, 0.4) is 0 Å². The third kappa shape index (κ3) is 8.91. The van der Waals surface area contributed by atoms with Crippen LogP contribution in [-0.4, -0.2) is 45.5 Å². The summed E-state index contributed by atoms with van der Waals surface area (Å²) in [5.74, 6) is -1.88. The second-order valence-electron chi connectivity index (χ2n) is 3.81. The molecular weight excluding hydrogens is 331 g/mol. The molecule has 0 amide bonds. The summed E-state index contributed by atoms with van der Waals surface area (Å²) in [7, 11) is -1.97. The highest BCUT2D eigenvalue weighted by Gasteiger charge is 2.35. The fourth-order valence-electron chi connectivity index (χ4n) is 1.19. The highest BCUT2D eigenvalue weighted by atomic mass is 31.2. The molecule has 0 radical (unpaired) electrons. The quantitative estimate of drug-likeness (QED) is 0.302. The molecule has 0 aromatic carbocycles. The molecule has 23 heavy (non-hydrogen) atoms. The van der Waals surface area contributed by atoms with E-state index in [1.165, 1.54) is 0 Å². The van der Waals surface area contributed by atoms with Crippen LogP contribution in [0.25, 0.3) is 0 Å². The summed E-state index contributed by atoms with van der Waals surface area (Å²) < 4.78 is 35.3. The highest BCUT2D eigenvalue weighted by Crippen LogP contribution is 2.49. The van der Waals surface area contributed by atoms with Gasteiger partial charge in [-0.1, -0.05) is 0 Å². The predicted octanol–water partition coefficient (Wildman–Crippen LogP) is 1.08. The second-order valence-corrected chi connectivity index (χ2v) is 5.65. The number of hydrogen-bond acceptors (Lipinski definition) is 10. The van der Waals surface area contributed by atoms with Gasteiger partial charge in [-0.05, 0) is 0 Å². The van der Waals surface area contributed by atoms with E-state index in [1.54, 1.807) is 12.1 Å². The molecule has 0 saturated heterocycles. The Hall–Kier alpha value is -1.97. The number of phosphoric acid groups is 1. The number of ether oxygens (including phenoxy) is 2. The van der Waals surface area contributed by atoms with Gasteiger partial charge in [-0.2, -0.15) is 10.5 Å². The van der Waals surface area contributed by atoms with Crippen LogP contribution in [0, 0.1) is 22.7 Å². The summed E-state index contributed by atoms with van der Waals surface area (Å²) in [6.07, 6.45) is -2.29. The lowest BCUT2D eigenvalue weighted by molar-refractivity contribution is -0.159. The second kappa shape index (κ2) is 11.6. The van der Waals surface area contributed by atoms with Crippen LogP contribution in [0.2, 0.25) is 0 Å². The molecule has 1 atom stereocenters. The van der Waals surface area contributed by atoms with Crippen molar-refractivity contribution in [3.63, 3.8) is 0 Å². The van der Waals surface area contributed by atoms with Crippen LogP contribution in [0.4, 0.5) is 0 Å². The minimum Gasteiger partial charge on any atom is -0.464 e. The van der Waals surface area contributed by atoms with Crippen molar-refractivity contribution in [2.45, 2.75) is 25.4 Å². The van der Waals surface area contributed by atoms with Crippen molar-refractivity contribution >= 4 is 19.8 Å². The van der Waals surface area contributed by atoms with E-state index >= 15 is 0 Å². The first-order valence-corrected chi connectivity index (χ1v) is 7.84. The van der Waals surface area contributed by atoms with Crippen molar-refractivity contribution in [3.8, 4) is 12.1 Å². The van der Waals surface area contributed by atoms with Crippen LogP contribution in [0.5, 0.6) is 0 Å². The molecule has 0 aliphatic carbocycles. The van der Waals surface area contributed by atoms with E-state index in [1.807, 2.05) is 0 Å². The summed E-state index contributed by atoms with van der Waals surface area (Å²) >= 11 is 0. The van der Waals surface area contributed by atoms with Gasteiger partial charge in [-0.25, -0.2) is 9.36 Å². The van der Waals surface area contributed by atoms with Crippen LogP contribution in [-0.2, 0) is 37.2 Å². The smallest absolute Gasteiger partial charge is 0.464 e. The molecule has 0 bridgehead atoms. The lowest BCUT2D eigenvalue weighted by atomic mass is 10.2. The summed E-state index contributed by atoms with van der Waals surface area (Å²) in [5.41, 5.74) is 0. The van der Waals surface area contributed by atoms with E-state index in [0.29, 0.717) is 0 Å². The first-order chi connectivity index (χ1) is 10.9. The van der Waals surface area contributed by atoms with Gasteiger partial charge in [-0.3, -0.25) is 18.4 Å². The van der Waals surface area contributed by atoms with Crippen LogP contribution in [0.1, 0.15) is 19.3 Å². The summed E-state index contributed by atoms with van der Waals surface area (Å²) in [4.78, 5) is 23.4. The molecule has 1 unspecified atom stereocenters. The highest BCUT2D eigenvalue weighted by molar-refractivity contribution is 7.48. The maximum Gasteiger partial charge on any atom is 0.475 e. The number of hydrogen-bond donors (Lipinski definition) is 0. The van der Waals surface area contributed by atoms with E-state index in [4.69, 9.17) is 24.5 Å². The maximum absolute atomic E-state index is 11.9. The molecule has 0 aromatic rings. The van der Waals surface area contributed by atoms with Crippen molar-refractivity contribution in [1.82, 2.24) is 0 Å². The minimum atomic E-state index is -4.04. The average Bonchev–Trinajstić information content (AvgIpc) is 2.54. The van der Waals surface area contributed by atoms with Gasteiger partial charge in [0.1, 0.15) is 13.2 Å². The van der Waals surface area contributed by atoms with Crippen molar-refractivity contribution < 1.29 is 37.2 Å². The first kappa shape index (κ1) is 21.0. The van der Waals surface area contributed by atoms with Gasteiger partial charge < -0.3 is 9.47 Å². The van der Waals surface area contributed by atoms with Gasteiger partial charge in [0, 0.05) is 14.2 Å². The largest absolute Gasteiger partial charge is 0.475 e. The number of carbonyl (C=O) groups is 2. The molecular formula is C12H17N2O8P. The Morgan fingerprint density at radius 1 is 1.04 bits per heavy atom. The van der Waals surface area contributed by atoms with Crippen molar-refractivity contribution in [2.24, 2.45) is 0 Å². The summed E-state index contributed by atoms with van der Waals surface area (Å²) in [6, 6.07) is 3.54. The standard InChI is InChI=1S/C12H17N2O8P/c1-18-23(17,19-2)22-10(12(16)21-8-4-6-14)9-11(15)20-7-3-5-13/h10H,3-4,7-9H2,1-2H3. The number of nitriles is 2. The Balaban J connectivity index is 4.82. The number of rotatable bonds is 11. The molecule has 10 nitrogen and oxygen atoms in total. The number of esters is 2. The lowest BCUT2D eigenvalue weighted by Crippen LogP contribution is -2.30. The van der Waals surface area contributed by atoms with E-state index in [-0.39, 0.29) is 26.1 Å². The average molecular weight is 348 g/mol. The van der Waals surface area contributed by atoms with E-state index in [9.17, 15) is 14.2 Å². The Bertz CT molecular complexity index is 516. The SMILES string of the molecule is COP(=O)(OC)OC(CC(=O)OCCC#N)C(=O)OCCC#N. The lowest BCUT2D eigenvalue weighted by Gasteiger charge is -2.20. The molecule has 0 heterocycles. The summed E-state index contributed by atoms with van der Waals surface area (Å²) in [6.45, 7) is -0.374. The zero-order chi connectivity index (χ0) is 17.7. The molecule has 128 valence electrons. The fourth-order valence-corrected chi connectivity index (χ4v) is 1.98. The third-order valence-electron chi connectivity index (χ3n) is 2.25. The third-order valence-corrected chi connectivity index (χ3v) is 3.66. The minimum absolute atomic E-state index is 0.0154. The van der Waals surface area contributed by atoms with Crippen molar-refractivity contribution in [3.05, 3.63) is 0 Å². The van der Waals surface area contributed by atoms with Gasteiger partial charge in [0.15, 0.2) is 6.10 Å². The van der Waals surface area contributed by atoms with Crippen LogP contribution >= 0.6 is 7.82 Å². The zero-order valence-corrected chi connectivity index (χ0v) is 13.6.